The lowest BCUT2D eigenvalue weighted by molar-refractivity contribution is -0.115. The maximum Gasteiger partial charge on any atom is 0.166 e. The zero-order chi connectivity index (χ0) is 17.5. The van der Waals surface area contributed by atoms with E-state index in [4.69, 9.17) is 21.7 Å². The third kappa shape index (κ3) is 4.42. The number of aryl methyl sites for hydroxylation is 1. The Balaban J connectivity index is 2.31. The zero-order valence-corrected chi connectivity index (χ0v) is 15.1. The van der Waals surface area contributed by atoms with Crippen LogP contribution in [-0.2, 0) is 4.79 Å². The van der Waals surface area contributed by atoms with Crippen LogP contribution in [0.25, 0.3) is 6.08 Å². The van der Waals surface area contributed by atoms with E-state index < -0.39 is 0 Å². The zero-order valence-electron chi connectivity index (χ0n) is 14.2. The summed E-state index contributed by atoms with van der Waals surface area (Å²) in [5.41, 5.74) is 1.81. The molecule has 2 rings (SSSR count). The van der Waals surface area contributed by atoms with Crippen molar-refractivity contribution >= 4 is 28.9 Å². The summed E-state index contributed by atoms with van der Waals surface area (Å²) in [6.45, 7) is 6.95. The van der Waals surface area contributed by atoms with Gasteiger partial charge in [0.2, 0.25) is 0 Å². The van der Waals surface area contributed by atoms with Crippen LogP contribution in [0.4, 0.5) is 0 Å². The highest BCUT2D eigenvalue weighted by Gasteiger charge is 2.15. The van der Waals surface area contributed by atoms with Crippen LogP contribution >= 0.6 is 12.2 Å². The van der Waals surface area contributed by atoms with Crippen LogP contribution in [0.15, 0.2) is 42.5 Å². The summed E-state index contributed by atoms with van der Waals surface area (Å²) in [6.07, 6.45) is 10.6. The van der Waals surface area contributed by atoms with E-state index in [1.807, 2.05) is 45.1 Å². The molecule has 0 saturated carbocycles. The highest BCUT2D eigenvalue weighted by Crippen LogP contribution is 2.33. The number of ketones is 1. The molecule has 0 amide bonds. The fraction of sp³-hybridized carbons (Fsp3) is 0.300. The summed E-state index contributed by atoms with van der Waals surface area (Å²) in [7, 11) is 0. The number of allylic oxidation sites excluding steroid dienone is 5. The lowest BCUT2D eigenvalue weighted by atomic mass is 9.97. The summed E-state index contributed by atoms with van der Waals surface area (Å²) in [5.74, 6) is 1.19. The third-order valence-electron chi connectivity index (χ3n) is 3.62. The molecule has 0 fully saturated rings. The van der Waals surface area contributed by atoms with E-state index in [0.717, 1.165) is 21.7 Å². The van der Waals surface area contributed by atoms with E-state index in [1.54, 1.807) is 24.3 Å². The Morgan fingerprint density at radius 2 is 1.83 bits per heavy atom. The van der Waals surface area contributed by atoms with Crippen molar-refractivity contribution in [3.63, 3.8) is 0 Å². The average Bonchev–Trinajstić information content (AvgIpc) is 2.58. The van der Waals surface area contributed by atoms with Gasteiger partial charge in [0.1, 0.15) is 11.5 Å². The van der Waals surface area contributed by atoms with Gasteiger partial charge < -0.3 is 9.47 Å². The van der Waals surface area contributed by atoms with Crippen molar-refractivity contribution in [2.24, 2.45) is 5.92 Å². The Kier molecular flexibility index (Phi) is 6.50. The molecule has 0 atom stereocenters. The summed E-state index contributed by atoms with van der Waals surface area (Å²) < 4.78 is 11.4. The van der Waals surface area contributed by atoms with Crippen LogP contribution in [0.1, 0.15) is 25.0 Å². The first-order chi connectivity index (χ1) is 11.6. The molecule has 0 aliphatic heterocycles. The van der Waals surface area contributed by atoms with Crippen LogP contribution < -0.4 is 9.47 Å². The minimum absolute atomic E-state index is 0.00333. The number of hydrogen-bond acceptors (Lipinski definition) is 4. The van der Waals surface area contributed by atoms with Gasteiger partial charge in [-0.1, -0.05) is 30.4 Å². The molecule has 0 heterocycles. The van der Waals surface area contributed by atoms with Crippen LogP contribution in [0.5, 0.6) is 11.5 Å². The monoisotopic (exact) mass is 342 g/mol. The lowest BCUT2D eigenvalue weighted by Gasteiger charge is -2.15. The van der Waals surface area contributed by atoms with Crippen molar-refractivity contribution in [2.45, 2.75) is 20.8 Å². The maximum atomic E-state index is 12.4. The molecule has 0 aromatic heterocycles. The van der Waals surface area contributed by atoms with E-state index in [-0.39, 0.29) is 11.7 Å². The van der Waals surface area contributed by atoms with Gasteiger partial charge in [-0.05, 0) is 56.7 Å². The van der Waals surface area contributed by atoms with Gasteiger partial charge in [0.25, 0.3) is 0 Å². The smallest absolute Gasteiger partial charge is 0.166 e. The Labute approximate surface area is 148 Å². The third-order valence-corrected chi connectivity index (χ3v) is 3.89. The Hall–Kier alpha value is -2.20. The van der Waals surface area contributed by atoms with Crippen molar-refractivity contribution in [3.8, 4) is 11.5 Å². The van der Waals surface area contributed by atoms with Crippen molar-refractivity contribution in [1.82, 2.24) is 0 Å². The predicted molar refractivity (Wildman–Crippen MR) is 102 cm³/mol. The number of carbonyl (C=O) groups excluding carboxylic acids is 1. The number of thiocarbonyl (C=S) groups is 1. The normalized spacial score (nSPS) is 14.4. The molecule has 3 nitrogen and oxygen atoms in total. The highest BCUT2D eigenvalue weighted by atomic mass is 32.1. The first kappa shape index (κ1) is 18.1. The van der Waals surface area contributed by atoms with E-state index in [0.29, 0.717) is 19.0 Å². The van der Waals surface area contributed by atoms with Gasteiger partial charge in [0.15, 0.2) is 5.78 Å². The molecule has 0 spiro atoms. The van der Waals surface area contributed by atoms with E-state index in [9.17, 15) is 4.79 Å². The second-order valence-electron chi connectivity index (χ2n) is 5.37. The maximum absolute atomic E-state index is 12.4. The largest absolute Gasteiger partial charge is 0.493 e. The Morgan fingerprint density at radius 3 is 2.46 bits per heavy atom. The van der Waals surface area contributed by atoms with Gasteiger partial charge in [-0.15, -0.1) is 0 Å². The van der Waals surface area contributed by atoms with Crippen LogP contribution in [0, 0.1) is 12.8 Å². The van der Waals surface area contributed by atoms with Crippen molar-refractivity contribution in [1.29, 1.82) is 0 Å². The molecule has 1 aromatic carbocycles. The summed E-state index contributed by atoms with van der Waals surface area (Å²) in [4.78, 5) is 13.1. The van der Waals surface area contributed by atoms with Crippen molar-refractivity contribution < 1.29 is 14.3 Å². The molecule has 126 valence electrons. The van der Waals surface area contributed by atoms with Gasteiger partial charge in [-0.25, -0.2) is 0 Å². The molecule has 24 heavy (non-hydrogen) atoms. The molecule has 1 aliphatic rings. The quantitative estimate of drug-likeness (QED) is 0.540. The molecule has 0 saturated heterocycles. The summed E-state index contributed by atoms with van der Waals surface area (Å²) in [5, 5.41) is 0. The lowest BCUT2D eigenvalue weighted by Crippen LogP contribution is -2.10. The molecule has 1 aliphatic carbocycles. The number of ether oxygens (including phenoxy) is 2. The first-order valence-electron chi connectivity index (χ1n) is 8.08. The average molecular weight is 342 g/mol. The fourth-order valence-corrected chi connectivity index (χ4v) is 2.61. The fourth-order valence-electron chi connectivity index (χ4n) is 2.45. The van der Waals surface area contributed by atoms with Gasteiger partial charge in [0, 0.05) is 4.86 Å². The van der Waals surface area contributed by atoms with Crippen molar-refractivity contribution in [2.75, 3.05) is 13.2 Å². The van der Waals surface area contributed by atoms with Crippen LogP contribution in [0.2, 0.25) is 0 Å². The molecular formula is C20H22O3S. The molecule has 1 aromatic rings. The Bertz CT molecular complexity index is 698. The summed E-state index contributed by atoms with van der Waals surface area (Å²) in [6, 6.07) is 3.87. The summed E-state index contributed by atoms with van der Waals surface area (Å²) >= 11 is 5.06. The second-order valence-corrected chi connectivity index (χ2v) is 5.84. The van der Waals surface area contributed by atoms with Crippen molar-refractivity contribution in [3.05, 3.63) is 53.6 Å². The Morgan fingerprint density at radius 1 is 1.17 bits per heavy atom. The van der Waals surface area contributed by atoms with Crippen LogP contribution in [0.3, 0.4) is 0 Å². The molecule has 0 unspecified atom stereocenters. The molecule has 0 bridgehead atoms. The SMILES string of the molecule is CCOc1ccc(C)c(OCC)c1/C=C/C(=O)C1C=CC(=S)C=C1. The molecule has 0 radical (unpaired) electrons. The van der Waals surface area contributed by atoms with Crippen LogP contribution in [-0.4, -0.2) is 23.9 Å². The molecular weight excluding hydrogens is 320 g/mol. The highest BCUT2D eigenvalue weighted by molar-refractivity contribution is 7.81. The number of rotatable bonds is 7. The van der Waals surface area contributed by atoms with E-state index >= 15 is 0 Å². The standard InChI is InChI=1S/C20H22O3S/c1-4-22-19-13-6-14(3)20(23-5-2)17(19)11-12-18(21)15-7-9-16(24)10-8-15/h6-13,15H,4-5H2,1-3H3/b12-11+. The second kappa shape index (κ2) is 8.60. The molecule has 0 N–H and O–H groups in total. The van der Waals surface area contributed by atoms with Gasteiger partial charge in [0.05, 0.1) is 24.7 Å². The number of hydrogen-bond donors (Lipinski definition) is 0. The van der Waals surface area contributed by atoms with Gasteiger partial charge in [-0.2, -0.15) is 0 Å². The molecule has 4 heteroatoms. The predicted octanol–water partition coefficient (Wildman–Crippen LogP) is 4.49. The van der Waals surface area contributed by atoms with E-state index in [2.05, 4.69) is 0 Å². The topological polar surface area (TPSA) is 35.5 Å². The number of carbonyl (C=O) groups is 1. The van der Waals surface area contributed by atoms with Gasteiger partial charge >= 0.3 is 0 Å². The van der Waals surface area contributed by atoms with Gasteiger partial charge in [-0.3, -0.25) is 4.79 Å². The minimum atomic E-state index is -0.274. The van der Waals surface area contributed by atoms with E-state index in [1.165, 1.54) is 0 Å². The number of benzene rings is 1. The minimum Gasteiger partial charge on any atom is -0.493 e. The first-order valence-corrected chi connectivity index (χ1v) is 8.49.